The van der Waals surface area contributed by atoms with Crippen LogP contribution in [-0.4, -0.2) is 47.5 Å². The largest absolute Gasteiger partial charge is 0.338 e. The van der Waals surface area contributed by atoms with Gasteiger partial charge in [0.05, 0.1) is 0 Å². The minimum atomic E-state index is 0.266. The number of thioether (sulfide) groups is 1. The fraction of sp³-hybridized carbons (Fsp3) is 0.917. The minimum absolute atomic E-state index is 0.266. The van der Waals surface area contributed by atoms with Gasteiger partial charge >= 0.3 is 0 Å². The Morgan fingerprint density at radius 2 is 2.25 bits per heavy atom. The van der Waals surface area contributed by atoms with Crippen molar-refractivity contribution in [3.8, 4) is 0 Å². The highest BCUT2D eigenvalue weighted by Crippen LogP contribution is 2.23. The highest BCUT2D eigenvalue weighted by Gasteiger charge is 2.31. The maximum atomic E-state index is 12.4. The van der Waals surface area contributed by atoms with Gasteiger partial charge in [0.1, 0.15) is 0 Å². The second-order valence-corrected chi connectivity index (χ2v) is 6.18. The quantitative estimate of drug-likeness (QED) is 0.753. The number of amides is 1. The lowest BCUT2D eigenvalue weighted by Crippen LogP contribution is -2.50. The summed E-state index contributed by atoms with van der Waals surface area (Å²) in [6.45, 7) is 6.29. The number of carbonyl (C=O) groups is 1. The standard InChI is InChI=1S/C12H22N2OS/c1-9-7-11(3-4-13-9)12(15)14-5-6-16-8-10(14)2/h9-11,13H,3-8H2,1-2H3/t9-,10?,11-/m0/s1. The molecule has 2 fully saturated rings. The summed E-state index contributed by atoms with van der Waals surface area (Å²) in [4.78, 5) is 14.5. The Balaban J connectivity index is 1.94. The summed E-state index contributed by atoms with van der Waals surface area (Å²) in [6, 6.07) is 0.925. The third-order valence-electron chi connectivity index (χ3n) is 3.62. The van der Waals surface area contributed by atoms with Crippen LogP contribution in [0.5, 0.6) is 0 Å². The van der Waals surface area contributed by atoms with Gasteiger partial charge < -0.3 is 10.2 Å². The smallest absolute Gasteiger partial charge is 0.226 e. The number of nitrogens with zero attached hydrogens (tertiary/aromatic N) is 1. The molecule has 1 unspecified atom stereocenters. The van der Waals surface area contributed by atoms with Crippen molar-refractivity contribution in [3.63, 3.8) is 0 Å². The Hall–Kier alpha value is -0.220. The van der Waals surface area contributed by atoms with Crippen LogP contribution in [-0.2, 0) is 4.79 Å². The van der Waals surface area contributed by atoms with E-state index in [0.717, 1.165) is 37.4 Å². The van der Waals surface area contributed by atoms with Crippen molar-refractivity contribution in [3.05, 3.63) is 0 Å². The number of carbonyl (C=O) groups excluding carboxylic acids is 1. The molecule has 2 aliphatic heterocycles. The number of rotatable bonds is 1. The van der Waals surface area contributed by atoms with Crippen LogP contribution in [0.2, 0.25) is 0 Å². The SMILES string of the molecule is CC1CSCCN1C(=O)[C@H]1CCN[C@@H](C)C1. The molecule has 1 amide bonds. The fourth-order valence-electron chi connectivity index (χ4n) is 2.65. The van der Waals surface area contributed by atoms with E-state index in [9.17, 15) is 4.79 Å². The lowest BCUT2D eigenvalue weighted by Gasteiger charge is -2.37. The highest BCUT2D eigenvalue weighted by atomic mass is 32.2. The Bertz CT molecular complexity index is 259. The van der Waals surface area contributed by atoms with E-state index < -0.39 is 0 Å². The topological polar surface area (TPSA) is 32.3 Å². The first-order chi connectivity index (χ1) is 7.68. The molecule has 0 aliphatic carbocycles. The van der Waals surface area contributed by atoms with Crippen molar-refractivity contribution in [2.24, 2.45) is 5.92 Å². The molecule has 4 heteroatoms. The van der Waals surface area contributed by atoms with Crippen LogP contribution >= 0.6 is 11.8 Å². The van der Waals surface area contributed by atoms with Gasteiger partial charge in [-0.1, -0.05) is 0 Å². The first-order valence-corrected chi connectivity index (χ1v) is 7.45. The predicted molar refractivity (Wildman–Crippen MR) is 68.7 cm³/mol. The van der Waals surface area contributed by atoms with Gasteiger partial charge in [-0.25, -0.2) is 0 Å². The summed E-state index contributed by atoms with van der Waals surface area (Å²) in [5, 5.41) is 3.41. The van der Waals surface area contributed by atoms with Crippen LogP contribution in [0.4, 0.5) is 0 Å². The monoisotopic (exact) mass is 242 g/mol. The van der Waals surface area contributed by atoms with Crippen LogP contribution in [0.15, 0.2) is 0 Å². The molecule has 0 aromatic rings. The molecule has 0 aromatic heterocycles. The van der Waals surface area contributed by atoms with E-state index in [1.807, 2.05) is 11.8 Å². The molecule has 2 saturated heterocycles. The summed E-state index contributed by atoms with van der Waals surface area (Å²) >= 11 is 1.97. The summed E-state index contributed by atoms with van der Waals surface area (Å²) in [5.41, 5.74) is 0. The molecule has 16 heavy (non-hydrogen) atoms. The molecule has 0 radical (unpaired) electrons. The zero-order valence-corrected chi connectivity index (χ0v) is 11.1. The molecule has 2 rings (SSSR count). The van der Waals surface area contributed by atoms with Gasteiger partial charge in [-0.3, -0.25) is 4.79 Å². The van der Waals surface area contributed by atoms with E-state index >= 15 is 0 Å². The molecule has 3 nitrogen and oxygen atoms in total. The summed E-state index contributed by atoms with van der Waals surface area (Å²) < 4.78 is 0. The summed E-state index contributed by atoms with van der Waals surface area (Å²) in [5.74, 6) is 2.88. The van der Waals surface area contributed by atoms with E-state index in [-0.39, 0.29) is 5.92 Å². The summed E-state index contributed by atoms with van der Waals surface area (Å²) in [7, 11) is 0. The van der Waals surface area contributed by atoms with Crippen molar-refractivity contribution in [2.75, 3.05) is 24.6 Å². The molecule has 0 saturated carbocycles. The predicted octanol–water partition coefficient (Wildman–Crippen LogP) is 1.34. The van der Waals surface area contributed by atoms with Crippen LogP contribution in [0.25, 0.3) is 0 Å². The second-order valence-electron chi connectivity index (χ2n) is 5.03. The van der Waals surface area contributed by atoms with Crippen LogP contribution < -0.4 is 5.32 Å². The molecule has 1 N–H and O–H groups in total. The van der Waals surface area contributed by atoms with Gasteiger partial charge in [-0.15, -0.1) is 0 Å². The molecule has 0 aromatic carbocycles. The van der Waals surface area contributed by atoms with Gasteiger partial charge in [0, 0.05) is 36.1 Å². The number of nitrogens with one attached hydrogen (secondary N) is 1. The van der Waals surface area contributed by atoms with Crippen LogP contribution in [0.3, 0.4) is 0 Å². The van der Waals surface area contributed by atoms with Gasteiger partial charge in [0.15, 0.2) is 0 Å². The Morgan fingerprint density at radius 1 is 1.44 bits per heavy atom. The minimum Gasteiger partial charge on any atom is -0.338 e. The number of hydrogen-bond acceptors (Lipinski definition) is 3. The number of hydrogen-bond donors (Lipinski definition) is 1. The molecule has 2 heterocycles. The van der Waals surface area contributed by atoms with Gasteiger partial charge in [-0.05, 0) is 33.2 Å². The molecule has 0 spiro atoms. The van der Waals surface area contributed by atoms with Gasteiger partial charge in [0.2, 0.25) is 5.91 Å². The van der Waals surface area contributed by atoms with Crippen LogP contribution in [0, 0.1) is 5.92 Å². The van der Waals surface area contributed by atoms with Gasteiger partial charge in [0.25, 0.3) is 0 Å². The average Bonchev–Trinajstić information content (AvgIpc) is 2.29. The van der Waals surface area contributed by atoms with E-state index in [4.69, 9.17) is 0 Å². The zero-order chi connectivity index (χ0) is 11.5. The van der Waals surface area contributed by atoms with Crippen LogP contribution in [0.1, 0.15) is 26.7 Å². The lowest BCUT2D eigenvalue weighted by molar-refractivity contribution is -0.138. The van der Waals surface area contributed by atoms with E-state index in [1.165, 1.54) is 0 Å². The maximum Gasteiger partial charge on any atom is 0.226 e. The molecule has 92 valence electrons. The van der Waals surface area contributed by atoms with Crippen molar-refractivity contribution in [2.45, 2.75) is 38.8 Å². The van der Waals surface area contributed by atoms with Gasteiger partial charge in [-0.2, -0.15) is 11.8 Å². The molecule has 2 aliphatic rings. The van der Waals surface area contributed by atoms with E-state index in [0.29, 0.717) is 18.0 Å². The highest BCUT2D eigenvalue weighted by molar-refractivity contribution is 7.99. The molecular formula is C12H22N2OS. The summed E-state index contributed by atoms with van der Waals surface area (Å²) in [6.07, 6.45) is 2.02. The third-order valence-corrected chi connectivity index (χ3v) is 4.81. The lowest BCUT2D eigenvalue weighted by atomic mass is 9.91. The Morgan fingerprint density at radius 3 is 2.94 bits per heavy atom. The maximum absolute atomic E-state index is 12.4. The van der Waals surface area contributed by atoms with Crippen molar-refractivity contribution in [1.82, 2.24) is 10.2 Å². The first-order valence-electron chi connectivity index (χ1n) is 6.30. The second kappa shape index (κ2) is 5.41. The zero-order valence-electron chi connectivity index (χ0n) is 10.2. The third kappa shape index (κ3) is 2.72. The fourth-order valence-corrected chi connectivity index (χ4v) is 3.66. The normalized spacial score (nSPS) is 36.1. The van der Waals surface area contributed by atoms with Crippen molar-refractivity contribution in [1.29, 1.82) is 0 Å². The Labute approximate surface area is 102 Å². The molecule has 3 atom stereocenters. The van der Waals surface area contributed by atoms with Crippen molar-refractivity contribution >= 4 is 17.7 Å². The van der Waals surface area contributed by atoms with E-state index in [2.05, 4.69) is 24.1 Å². The first kappa shape index (κ1) is 12.2. The Kier molecular flexibility index (Phi) is 4.14. The van der Waals surface area contributed by atoms with E-state index in [1.54, 1.807) is 0 Å². The molecular weight excluding hydrogens is 220 g/mol. The van der Waals surface area contributed by atoms with Crippen molar-refractivity contribution < 1.29 is 4.79 Å². The average molecular weight is 242 g/mol. The number of piperidine rings is 1. The molecule has 0 bridgehead atoms.